The van der Waals surface area contributed by atoms with Gasteiger partial charge in [0.15, 0.2) is 17.3 Å². The first-order chi connectivity index (χ1) is 6.49. The monoisotopic (exact) mass is 260 g/mol. The zero-order valence-corrected chi connectivity index (χ0v) is 9.74. The van der Waals surface area contributed by atoms with Gasteiger partial charge in [-0.05, 0) is 25.5 Å². The average Bonchev–Trinajstić information content (AvgIpc) is 2.10. The third kappa shape index (κ3) is 1.80. The Hall–Kier alpha value is -0.900. The molecule has 0 saturated carbocycles. The number of methoxy groups -OCH3 is 1. The minimum Gasteiger partial charge on any atom is -0.493 e. The average molecular weight is 261 g/mol. The summed E-state index contributed by atoms with van der Waals surface area (Å²) < 4.78 is 18.8. The number of hydrogen-bond acceptors (Lipinski definition) is 2. The molecule has 0 heterocycles. The molecule has 0 N–H and O–H groups in total. The molecule has 14 heavy (non-hydrogen) atoms. The summed E-state index contributed by atoms with van der Waals surface area (Å²) >= 11 is 3.18. The Kier molecular flexibility index (Phi) is 3.26. The van der Waals surface area contributed by atoms with Gasteiger partial charge in [-0.15, -0.1) is 0 Å². The van der Waals surface area contributed by atoms with Crippen LogP contribution in [0.15, 0.2) is 10.5 Å². The topological polar surface area (TPSA) is 26.3 Å². The predicted molar refractivity (Wildman–Crippen MR) is 55.4 cm³/mol. The highest BCUT2D eigenvalue weighted by Crippen LogP contribution is 2.31. The summed E-state index contributed by atoms with van der Waals surface area (Å²) in [6, 6.07) is 1.29. The molecule has 4 heteroatoms. The van der Waals surface area contributed by atoms with Crippen molar-refractivity contribution in [1.29, 1.82) is 0 Å². The Morgan fingerprint density at radius 1 is 1.57 bits per heavy atom. The van der Waals surface area contributed by atoms with Gasteiger partial charge < -0.3 is 4.74 Å². The number of carbonyl (C=O) groups excluding carboxylic acids is 1. The van der Waals surface area contributed by atoms with Gasteiger partial charge in [-0.1, -0.05) is 15.9 Å². The minimum atomic E-state index is -0.532. The van der Waals surface area contributed by atoms with Gasteiger partial charge in [-0.25, -0.2) is 4.39 Å². The van der Waals surface area contributed by atoms with Gasteiger partial charge in [-0.2, -0.15) is 0 Å². The van der Waals surface area contributed by atoms with Crippen LogP contribution in [0.4, 0.5) is 4.39 Å². The van der Waals surface area contributed by atoms with Crippen LogP contribution in [0.3, 0.4) is 0 Å². The van der Waals surface area contributed by atoms with Crippen LogP contribution < -0.4 is 4.74 Å². The van der Waals surface area contributed by atoms with Crippen LogP contribution in [-0.2, 0) is 0 Å². The van der Waals surface area contributed by atoms with Crippen molar-refractivity contribution >= 4 is 21.7 Å². The first kappa shape index (κ1) is 11.2. The fraction of sp³-hybridized carbons (Fsp3) is 0.300. The third-order valence-corrected chi connectivity index (χ3v) is 2.81. The Morgan fingerprint density at radius 2 is 2.14 bits per heavy atom. The lowest BCUT2D eigenvalue weighted by Gasteiger charge is -2.11. The number of ketones is 1. The highest BCUT2D eigenvalue weighted by Gasteiger charge is 2.18. The van der Waals surface area contributed by atoms with Crippen LogP contribution in [0.25, 0.3) is 0 Å². The molecule has 0 radical (unpaired) electrons. The van der Waals surface area contributed by atoms with E-state index in [1.165, 1.54) is 20.1 Å². The van der Waals surface area contributed by atoms with E-state index in [0.29, 0.717) is 15.6 Å². The SMILES string of the molecule is COc1c(F)cc(Br)c(C)c1C(C)=O. The second-order valence-electron chi connectivity index (χ2n) is 2.93. The molecule has 2 nitrogen and oxygen atoms in total. The van der Waals surface area contributed by atoms with Crippen molar-refractivity contribution in [2.24, 2.45) is 0 Å². The zero-order chi connectivity index (χ0) is 10.9. The quantitative estimate of drug-likeness (QED) is 0.764. The second-order valence-corrected chi connectivity index (χ2v) is 3.78. The molecule has 0 aliphatic rings. The predicted octanol–water partition coefficient (Wildman–Crippen LogP) is 3.11. The van der Waals surface area contributed by atoms with Crippen LogP contribution in [0, 0.1) is 12.7 Å². The highest BCUT2D eigenvalue weighted by atomic mass is 79.9. The molecule has 0 saturated heterocycles. The molecule has 76 valence electrons. The summed E-state index contributed by atoms with van der Waals surface area (Å²) in [5.74, 6) is -0.729. The molecule has 0 fully saturated rings. The summed E-state index contributed by atoms with van der Waals surface area (Å²) in [7, 11) is 1.35. The first-order valence-electron chi connectivity index (χ1n) is 4.02. The van der Waals surface area contributed by atoms with E-state index in [-0.39, 0.29) is 11.5 Å². The van der Waals surface area contributed by atoms with Gasteiger partial charge in [0, 0.05) is 4.47 Å². The van der Waals surface area contributed by atoms with Crippen molar-refractivity contribution in [3.8, 4) is 5.75 Å². The van der Waals surface area contributed by atoms with Crippen LogP contribution >= 0.6 is 15.9 Å². The van der Waals surface area contributed by atoms with E-state index < -0.39 is 5.82 Å². The normalized spacial score (nSPS) is 10.1. The van der Waals surface area contributed by atoms with E-state index in [1.54, 1.807) is 6.92 Å². The van der Waals surface area contributed by atoms with E-state index in [2.05, 4.69) is 15.9 Å². The molecule has 0 atom stereocenters. The zero-order valence-electron chi connectivity index (χ0n) is 8.15. The number of halogens is 2. The first-order valence-corrected chi connectivity index (χ1v) is 4.81. The molecule has 0 aliphatic carbocycles. The lowest BCUT2D eigenvalue weighted by molar-refractivity contribution is 0.101. The van der Waals surface area contributed by atoms with Crippen LogP contribution in [0.5, 0.6) is 5.75 Å². The summed E-state index contributed by atoms with van der Waals surface area (Å²) in [5.41, 5.74) is 0.982. The lowest BCUT2D eigenvalue weighted by atomic mass is 10.0. The number of hydrogen-bond donors (Lipinski definition) is 0. The number of ether oxygens (including phenoxy) is 1. The maximum Gasteiger partial charge on any atom is 0.166 e. The third-order valence-electron chi connectivity index (χ3n) is 1.99. The fourth-order valence-electron chi connectivity index (χ4n) is 1.32. The summed E-state index contributed by atoms with van der Waals surface area (Å²) in [5, 5.41) is 0. The maximum atomic E-state index is 13.3. The molecule has 0 aliphatic heterocycles. The van der Waals surface area contributed by atoms with Crippen molar-refractivity contribution in [2.45, 2.75) is 13.8 Å². The van der Waals surface area contributed by atoms with Crippen molar-refractivity contribution in [3.63, 3.8) is 0 Å². The number of carbonyl (C=O) groups is 1. The molecule has 0 amide bonds. The van der Waals surface area contributed by atoms with E-state index in [1.807, 2.05) is 0 Å². The van der Waals surface area contributed by atoms with Crippen molar-refractivity contribution in [3.05, 3.63) is 27.5 Å². The van der Waals surface area contributed by atoms with Gasteiger partial charge in [0.2, 0.25) is 0 Å². The van der Waals surface area contributed by atoms with E-state index in [4.69, 9.17) is 4.74 Å². The lowest BCUT2D eigenvalue weighted by Crippen LogP contribution is -2.03. The molecular formula is C10H10BrFO2. The van der Waals surface area contributed by atoms with E-state index in [0.717, 1.165) is 0 Å². The van der Waals surface area contributed by atoms with Gasteiger partial charge in [0.05, 0.1) is 12.7 Å². The van der Waals surface area contributed by atoms with Crippen molar-refractivity contribution < 1.29 is 13.9 Å². The summed E-state index contributed by atoms with van der Waals surface area (Å²) in [6.07, 6.45) is 0. The summed E-state index contributed by atoms with van der Waals surface area (Å²) in [6.45, 7) is 3.12. The van der Waals surface area contributed by atoms with Crippen LogP contribution in [-0.4, -0.2) is 12.9 Å². The van der Waals surface area contributed by atoms with Crippen LogP contribution in [0.2, 0.25) is 0 Å². The van der Waals surface area contributed by atoms with E-state index >= 15 is 0 Å². The smallest absolute Gasteiger partial charge is 0.166 e. The largest absolute Gasteiger partial charge is 0.493 e. The molecular weight excluding hydrogens is 251 g/mol. The Bertz CT molecular complexity index is 388. The van der Waals surface area contributed by atoms with Crippen molar-refractivity contribution in [2.75, 3.05) is 7.11 Å². The maximum absolute atomic E-state index is 13.3. The van der Waals surface area contributed by atoms with Gasteiger partial charge in [0.25, 0.3) is 0 Å². The standard InChI is InChI=1S/C10H10BrFO2/c1-5-7(11)4-8(12)10(14-3)9(5)6(2)13/h4H,1-3H3. The minimum absolute atomic E-state index is 0.0122. The second kappa shape index (κ2) is 4.09. The fourth-order valence-corrected chi connectivity index (χ4v) is 1.72. The molecule has 0 aromatic heterocycles. The molecule has 1 aromatic carbocycles. The molecule has 0 bridgehead atoms. The molecule has 1 rings (SSSR count). The van der Waals surface area contributed by atoms with Gasteiger partial charge in [-0.3, -0.25) is 4.79 Å². The van der Waals surface area contributed by atoms with Crippen LogP contribution in [0.1, 0.15) is 22.8 Å². The highest BCUT2D eigenvalue weighted by molar-refractivity contribution is 9.10. The molecule has 0 spiro atoms. The Balaban J connectivity index is 3.56. The van der Waals surface area contributed by atoms with Gasteiger partial charge >= 0.3 is 0 Å². The number of Topliss-reactive ketones (excluding diaryl/α,β-unsaturated/α-hetero) is 1. The Labute approximate surface area is 90.2 Å². The number of rotatable bonds is 2. The molecule has 1 aromatic rings. The van der Waals surface area contributed by atoms with E-state index in [9.17, 15) is 9.18 Å². The molecule has 0 unspecified atom stereocenters. The van der Waals surface area contributed by atoms with Gasteiger partial charge in [0.1, 0.15) is 0 Å². The summed E-state index contributed by atoms with van der Waals surface area (Å²) in [4.78, 5) is 11.3. The number of benzene rings is 1. The Morgan fingerprint density at radius 3 is 2.57 bits per heavy atom. The van der Waals surface area contributed by atoms with Crippen molar-refractivity contribution in [1.82, 2.24) is 0 Å².